The van der Waals surface area contributed by atoms with E-state index >= 15 is 0 Å². The Labute approximate surface area is 171 Å². The molecule has 0 spiro atoms. The van der Waals surface area contributed by atoms with Crippen LogP contribution in [0.2, 0.25) is 0 Å². The zero-order chi connectivity index (χ0) is 20.1. The van der Waals surface area contributed by atoms with Gasteiger partial charge in [-0.25, -0.2) is 4.98 Å². The van der Waals surface area contributed by atoms with Crippen LogP contribution in [0.1, 0.15) is 17.7 Å². The third-order valence-electron chi connectivity index (χ3n) is 4.30. The Bertz CT molecular complexity index is 962. The van der Waals surface area contributed by atoms with Gasteiger partial charge >= 0.3 is 0 Å². The normalized spacial score (nSPS) is 10.7. The van der Waals surface area contributed by atoms with Gasteiger partial charge in [-0.05, 0) is 52.2 Å². The molecule has 148 valence electrons. The number of halogens is 1. The van der Waals surface area contributed by atoms with Crippen molar-refractivity contribution in [2.24, 2.45) is 0 Å². The first kappa shape index (κ1) is 20.0. The predicted molar refractivity (Wildman–Crippen MR) is 109 cm³/mol. The molecule has 0 saturated carbocycles. The molecule has 7 nitrogen and oxygen atoms in total. The van der Waals surface area contributed by atoms with E-state index < -0.39 is 0 Å². The van der Waals surface area contributed by atoms with E-state index in [-0.39, 0.29) is 5.91 Å². The van der Waals surface area contributed by atoms with Crippen molar-refractivity contribution in [1.82, 2.24) is 14.7 Å². The van der Waals surface area contributed by atoms with Gasteiger partial charge in [0.2, 0.25) is 11.7 Å². The fourth-order valence-electron chi connectivity index (χ4n) is 2.92. The minimum absolute atomic E-state index is 0.0491. The Morgan fingerprint density at radius 2 is 1.82 bits per heavy atom. The smallest absolute Gasteiger partial charge is 0.220 e. The molecule has 28 heavy (non-hydrogen) atoms. The molecule has 0 aliphatic heterocycles. The minimum Gasteiger partial charge on any atom is -0.493 e. The summed E-state index contributed by atoms with van der Waals surface area (Å²) in [5.41, 5.74) is 2.58. The number of fused-ring (bicyclic) bond motifs is 1. The van der Waals surface area contributed by atoms with Gasteiger partial charge in [-0.15, -0.1) is 0 Å². The molecule has 0 atom stereocenters. The molecule has 3 rings (SSSR count). The van der Waals surface area contributed by atoms with Crippen molar-refractivity contribution in [1.29, 1.82) is 0 Å². The predicted octanol–water partition coefficient (Wildman–Crippen LogP) is 3.37. The first-order valence-electron chi connectivity index (χ1n) is 8.72. The number of benzene rings is 1. The van der Waals surface area contributed by atoms with E-state index in [9.17, 15) is 4.79 Å². The van der Waals surface area contributed by atoms with E-state index in [4.69, 9.17) is 14.2 Å². The molecular weight excluding hydrogens is 426 g/mol. The average Bonchev–Trinajstić information content (AvgIpc) is 3.11. The first-order chi connectivity index (χ1) is 13.5. The summed E-state index contributed by atoms with van der Waals surface area (Å²) in [6.07, 6.45) is 4.73. The van der Waals surface area contributed by atoms with Crippen LogP contribution in [0.5, 0.6) is 17.2 Å². The van der Waals surface area contributed by atoms with Crippen LogP contribution < -0.4 is 19.5 Å². The maximum Gasteiger partial charge on any atom is 0.220 e. The molecular formula is C20H22BrN3O4. The van der Waals surface area contributed by atoms with Gasteiger partial charge in [-0.2, -0.15) is 0 Å². The Kier molecular flexibility index (Phi) is 6.41. The summed E-state index contributed by atoms with van der Waals surface area (Å²) in [7, 11) is 4.70. The third-order valence-corrected chi connectivity index (χ3v) is 4.77. The number of aryl methyl sites for hydroxylation is 1. The largest absolute Gasteiger partial charge is 0.493 e. The van der Waals surface area contributed by atoms with Crippen molar-refractivity contribution in [3.63, 3.8) is 0 Å². The van der Waals surface area contributed by atoms with Gasteiger partial charge in [0.05, 0.1) is 33.6 Å². The van der Waals surface area contributed by atoms with Crippen LogP contribution in [-0.2, 0) is 17.8 Å². The van der Waals surface area contributed by atoms with Crippen molar-refractivity contribution >= 4 is 27.5 Å². The summed E-state index contributed by atoms with van der Waals surface area (Å²) in [4.78, 5) is 16.7. The fraction of sp³-hybridized carbons (Fsp3) is 0.300. The monoisotopic (exact) mass is 447 g/mol. The molecule has 0 aliphatic rings. The van der Waals surface area contributed by atoms with E-state index in [0.717, 1.165) is 21.4 Å². The molecule has 8 heteroatoms. The number of carbonyl (C=O) groups is 1. The van der Waals surface area contributed by atoms with Gasteiger partial charge in [-0.1, -0.05) is 0 Å². The standard InChI is InChI=1S/C20H22BrN3O4/c1-26-16-8-13(9-17(27-2)20(16)28-3)4-7-19(25)22-10-15-12-24-11-14(21)5-6-18(24)23-15/h5-6,8-9,11-12H,4,7,10H2,1-3H3,(H,22,25). The SMILES string of the molecule is COc1cc(CCC(=O)NCc2cn3cc(Br)ccc3n2)cc(OC)c1OC. The van der Waals surface area contributed by atoms with Gasteiger partial charge in [0.1, 0.15) is 5.65 Å². The summed E-state index contributed by atoms with van der Waals surface area (Å²) in [5, 5.41) is 2.91. The molecule has 0 fully saturated rings. The van der Waals surface area contributed by atoms with Gasteiger partial charge < -0.3 is 23.9 Å². The molecule has 2 aromatic heterocycles. The van der Waals surface area contributed by atoms with Gasteiger partial charge in [0.15, 0.2) is 11.5 Å². The molecule has 2 heterocycles. The topological polar surface area (TPSA) is 74.1 Å². The third kappa shape index (κ3) is 4.56. The summed E-state index contributed by atoms with van der Waals surface area (Å²) in [6, 6.07) is 7.56. The van der Waals surface area contributed by atoms with Crippen LogP contribution in [0.4, 0.5) is 0 Å². The second-order valence-electron chi connectivity index (χ2n) is 6.16. The molecule has 1 aromatic carbocycles. The highest BCUT2D eigenvalue weighted by Crippen LogP contribution is 2.38. The zero-order valence-corrected chi connectivity index (χ0v) is 17.6. The van der Waals surface area contributed by atoms with E-state index in [2.05, 4.69) is 26.2 Å². The molecule has 1 amide bonds. The maximum absolute atomic E-state index is 12.3. The van der Waals surface area contributed by atoms with Crippen molar-refractivity contribution in [2.45, 2.75) is 19.4 Å². The number of hydrogen-bond acceptors (Lipinski definition) is 5. The highest BCUT2D eigenvalue weighted by molar-refractivity contribution is 9.10. The summed E-state index contributed by atoms with van der Waals surface area (Å²) < 4.78 is 18.9. The number of rotatable bonds is 8. The summed E-state index contributed by atoms with van der Waals surface area (Å²) in [5.74, 6) is 1.64. The number of hydrogen-bond donors (Lipinski definition) is 1. The van der Waals surface area contributed by atoms with E-state index in [1.807, 2.05) is 41.1 Å². The molecule has 0 unspecified atom stereocenters. The lowest BCUT2D eigenvalue weighted by atomic mass is 10.1. The van der Waals surface area contributed by atoms with Crippen molar-refractivity contribution < 1.29 is 19.0 Å². The molecule has 0 saturated heterocycles. The first-order valence-corrected chi connectivity index (χ1v) is 9.52. The summed E-state index contributed by atoms with van der Waals surface area (Å²) >= 11 is 3.43. The maximum atomic E-state index is 12.3. The number of nitrogens with zero attached hydrogens (tertiary/aromatic N) is 2. The highest BCUT2D eigenvalue weighted by atomic mass is 79.9. The Morgan fingerprint density at radius 1 is 1.11 bits per heavy atom. The van der Waals surface area contributed by atoms with Crippen LogP contribution in [0.25, 0.3) is 5.65 Å². The number of carbonyl (C=O) groups excluding carboxylic acids is 1. The molecule has 1 N–H and O–H groups in total. The molecule has 3 aromatic rings. The molecule has 0 bridgehead atoms. The minimum atomic E-state index is -0.0491. The Balaban J connectivity index is 1.59. The summed E-state index contributed by atoms with van der Waals surface area (Å²) in [6.45, 7) is 0.382. The number of ether oxygens (including phenoxy) is 3. The Hall–Kier alpha value is -2.74. The average molecular weight is 448 g/mol. The van der Waals surface area contributed by atoms with Crippen LogP contribution in [0, 0.1) is 0 Å². The number of methoxy groups -OCH3 is 3. The second kappa shape index (κ2) is 8.97. The number of imidazole rings is 1. The lowest BCUT2D eigenvalue weighted by Crippen LogP contribution is -2.23. The van der Waals surface area contributed by atoms with Gasteiger partial charge in [0, 0.05) is 23.3 Å². The lowest BCUT2D eigenvalue weighted by molar-refractivity contribution is -0.121. The fourth-order valence-corrected chi connectivity index (χ4v) is 3.27. The van der Waals surface area contributed by atoms with E-state index in [0.29, 0.717) is 36.6 Å². The zero-order valence-electron chi connectivity index (χ0n) is 16.0. The van der Waals surface area contributed by atoms with Crippen LogP contribution >= 0.6 is 15.9 Å². The Morgan fingerprint density at radius 3 is 2.46 bits per heavy atom. The quantitative estimate of drug-likeness (QED) is 0.572. The van der Waals surface area contributed by atoms with Crippen molar-refractivity contribution in [2.75, 3.05) is 21.3 Å². The van der Waals surface area contributed by atoms with Gasteiger partial charge in [-0.3, -0.25) is 4.79 Å². The number of nitrogens with one attached hydrogen (secondary N) is 1. The van der Waals surface area contributed by atoms with E-state index in [1.165, 1.54) is 0 Å². The lowest BCUT2D eigenvalue weighted by Gasteiger charge is -2.14. The number of amides is 1. The van der Waals surface area contributed by atoms with Gasteiger partial charge in [0.25, 0.3) is 0 Å². The highest BCUT2D eigenvalue weighted by Gasteiger charge is 2.14. The number of aromatic nitrogens is 2. The second-order valence-corrected chi connectivity index (χ2v) is 7.07. The van der Waals surface area contributed by atoms with Crippen molar-refractivity contribution in [3.8, 4) is 17.2 Å². The van der Waals surface area contributed by atoms with E-state index in [1.54, 1.807) is 21.3 Å². The molecule has 0 radical (unpaired) electrons. The van der Waals surface area contributed by atoms with Crippen LogP contribution in [-0.4, -0.2) is 36.6 Å². The molecule has 0 aliphatic carbocycles. The number of pyridine rings is 1. The van der Waals surface area contributed by atoms with Crippen molar-refractivity contribution in [3.05, 3.63) is 52.4 Å². The van der Waals surface area contributed by atoms with Crippen LogP contribution in [0.3, 0.4) is 0 Å². The van der Waals surface area contributed by atoms with Crippen LogP contribution in [0.15, 0.2) is 41.1 Å².